The van der Waals surface area contributed by atoms with E-state index >= 15 is 0 Å². The Morgan fingerprint density at radius 1 is 1.10 bits per heavy atom. The predicted octanol–water partition coefficient (Wildman–Crippen LogP) is 2.38. The summed E-state index contributed by atoms with van der Waals surface area (Å²) in [4.78, 5) is 25.4. The van der Waals surface area contributed by atoms with E-state index in [1.54, 1.807) is 31.3 Å². The molecule has 2 N–H and O–H groups in total. The van der Waals surface area contributed by atoms with E-state index in [1.165, 1.54) is 36.1 Å². The van der Waals surface area contributed by atoms with E-state index in [-0.39, 0.29) is 29.4 Å². The van der Waals surface area contributed by atoms with Crippen LogP contribution in [-0.4, -0.2) is 46.5 Å². The van der Waals surface area contributed by atoms with Gasteiger partial charge in [-0.3, -0.25) is 9.59 Å². The highest BCUT2D eigenvalue weighted by Crippen LogP contribution is 2.18. The molecular weight excluding hydrogens is 406 g/mol. The number of benzene rings is 2. The van der Waals surface area contributed by atoms with Crippen LogP contribution in [0.25, 0.3) is 0 Å². The lowest BCUT2D eigenvalue weighted by molar-refractivity contribution is -0.116. The molecule has 9 heteroatoms. The molecule has 1 aliphatic heterocycles. The average molecular weight is 432 g/mol. The van der Waals surface area contributed by atoms with Gasteiger partial charge in [-0.25, -0.2) is 13.1 Å². The van der Waals surface area contributed by atoms with Crippen LogP contribution in [0.5, 0.6) is 0 Å². The Labute approximate surface area is 176 Å². The van der Waals surface area contributed by atoms with Gasteiger partial charge in [-0.15, -0.1) is 0 Å². The van der Waals surface area contributed by atoms with E-state index in [9.17, 15) is 18.0 Å². The highest BCUT2D eigenvalue weighted by atomic mass is 32.2. The Hall–Kier alpha value is -2.75. The van der Waals surface area contributed by atoms with Gasteiger partial charge in [-0.05, 0) is 61.4 Å². The second-order valence-electron chi connectivity index (χ2n) is 7.09. The van der Waals surface area contributed by atoms with Crippen LogP contribution in [0.4, 0.5) is 11.4 Å². The van der Waals surface area contributed by atoms with Crippen LogP contribution in [0.1, 0.15) is 30.1 Å². The van der Waals surface area contributed by atoms with Crippen molar-refractivity contribution in [3.05, 3.63) is 54.1 Å². The third kappa shape index (κ3) is 5.44. The topological polar surface area (TPSA) is 105 Å². The summed E-state index contributed by atoms with van der Waals surface area (Å²) in [5, 5.41) is 2.75. The first kappa shape index (κ1) is 21.9. The first-order chi connectivity index (χ1) is 14.3. The van der Waals surface area contributed by atoms with Crippen molar-refractivity contribution in [1.82, 2.24) is 4.72 Å². The summed E-state index contributed by atoms with van der Waals surface area (Å²) in [6, 6.07) is 12.6. The zero-order valence-corrected chi connectivity index (χ0v) is 17.7. The third-order valence-electron chi connectivity index (χ3n) is 4.94. The number of amides is 2. The van der Waals surface area contributed by atoms with Gasteiger partial charge >= 0.3 is 0 Å². The zero-order valence-electron chi connectivity index (χ0n) is 16.9. The number of hydrogen-bond donors (Lipinski definition) is 2. The number of sulfonamides is 1. The molecule has 1 saturated heterocycles. The monoisotopic (exact) mass is 431 g/mol. The maximum absolute atomic E-state index is 12.4. The summed E-state index contributed by atoms with van der Waals surface area (Å²) < 4.78 is 32.8. The van der Waals surface area contributed by atoms with Crippen molar-refractivity contribution in [2.75, 3.05) is 30.4 Å². The lowest BCUT2D eigenvalue weighted by Crippen LogP contribution is -2.31. The molecule has 0 bridgehead atoms. The van der Waals surface area contributed by atoms with Gasteiger partial charge in [0.1, 0.15) is 0 Å². The fraction of sp³-hybridized carbons (Fsp3) is 0.333. The van der Waals surface area contributed by atoms with Crippen LogP contribution >= 0.6 is 0 Å². The molecule has 2 amide bonds. The fourth-order valence-electron chi connectivity index (χ4n) is 3.03. The highest BCUT2D eigenvalue weighted by molar-refractivity contribution is 7.89. The molecule has 1 unspecified atom stereocenters. The van der Waals surface area contributed by atoms with Crippen molar-refractivity contribution in [3.63, 3.8) is 0 Å². The minimum Gasteiger partial charge on any atom is -0.377 e. The van der Waals surface area contributed by atoms with Crippen LogP contribution < -0.4 is 14.9 Å². The number of carbonyl (C=O) groups excluding carboxylic acids is 2. The summed E-state index contributed by atoms with van der Waals surface area (Å²) in [5.41, 5.74) is 1.61. The molecule has 0 aromatic heterocycles. The number of rotatable bonds is 7. The van der Waals surface area contributed by atoms with Crippen LogP contribution in [0, 0.1) is 0 Å². The Morgan fingerprint density at radius 2 is 1.77 bits per heavy atom. The molecule has 160 valence electrons. The van der Waals surface area contributed by atoms with Gasteiger partial charge < -0.3 is 15.0 Å². The molecular formula is C21H25N3O5S. The largest absolute Gasteiger partial charge is 0.377 e. The van der Waals surface area contributed by atoms with Crippen molar-refractivity contribution >= 4 is 33.2 Å². The summed E-state index contributed by atoms with van der Waals surface area (Å²) >= 11 is 0. The maximum Gasteiger partial charge on any atom is 0.255 e. The SMILES string of the molecule is CC(=O)N(C)c1ccc(NC(=O)c2ccc(S(=O)(=O)NCC3CCCO3)cc2)cc1. The predicted molar refractivity (Wildman–Crippen MR) is 114 cm³/mol. The van der Waals surface area contributed by atoms with Crippen molar-refractivity contribution in [2.24, 2.45) is 0 Å². The van der Waals surface area contributed by atoms with Crippen LogP contribution in [0.2, 0.25) is 0 Å². The van der Waals surface area contributed by atoms with E-state index in [0.29, 0.717) is 23.5 Å². The minimum atomic E-state index is -3.66. The number of anilines is 2. The average Bonchev–Trinajstić information content (AvgIpc) is 3.26. The minimum absolute atomic E-state index is 0.0907. The summed E-state index contributed by atoms with van der Waals surface area (Å²) in [7, 11) is -2.00. The lowest BCUT2D eigenvalue weighted by Gasteiger charge is -2.15. The number of nitrogens with one attached hydrogen (secondary N) is 2. The summed E-state index contributed by atoms with van der Waals surface area (Å²) in [6.07, 6.45) is 1.69. The van der Waals surface area contributed by atoms with Crippen molar-refractivity contribution in [1.29, 1.82) is 0 Å². The van der Waals surface area contributed by atoms with Crippen molar-refractivity contribution in [2.45, 2.75) is 30.8 Å². The number of hydrogen-bond acceptors (Lipinski definition) is 5. The van der Waals surface area contributed by atoms with E-state index in [0.717, 1.165) is 12.8 Å². The van der Waals surface area contributed by atoms with E-state index in [1.807, 2.05) is 0 Å². The van der Waals surface area contributed by atoms with Gasteiger partial charge in [-0.1, -0.05) is 0 Å². The van der Waals surface area contributed by atoms with Gasteiger partial charge in [0.2, 0.25) is 15.9 Å². The van der Waals surface area contributed by atoms with Crippen molar-refractivity contribution < 1.29 is 22.7 Å². The maximum atomic E-state index is 12.4. The second kappa shape index (κ2) is 9.38. The number of nitrogens with zero attached hydrogens (tertiary/aromatic N) is 1. The quantitative estimate of drug-likeness (QED) is 0.700. The molecule has 3 rings (SSSR count). The molecule has 2 aromatic rings. The highest BCUT2D eigenvalue weighted by Gasteiger charge is 2.20. The molecule has 8 nitrogen and oxygen atoms in total. The standard InChI is InChI=1S/C21H25N3O5S/c1-15(25)24(2)18-9-7-17(8-10-18)23-21(26)16-5-11-20(12-6-16)30(27,28)22-14-19-4-3-13-29-19/h5-12,19,22H,3-4,13-14H2,1-2H3,(H,23,26). The summed E-state index contributed by atoms with van der Waals surface area (Å²) in [5.74, 6) is -0.453. The Kier molecular flexibility index (Phi) is 6.86. The molecule has 1 heterocycles. The molecule has 1 fully saturated rings. The molecule has 1 atom stereocenters. The zero-order chi connectivity index (χ0) is 21.7. The molecule has 0 saturated carbocycles. The smallest absolute Gasteiger partial charge is 0.255 e. The normalized spacial score (nSPS) is 16.3. The van der Waals surface area contributed by atoms with Gasteiger partial charge in [0.25, 0.3) is 5.91 Å². The molecule has 0 spiro atoms. The van der Waals surface area contributed by atoms with E-state index in [2.05, 4.69) is 10.0 Å². The lowest BCUT2D eigenvalue weighted by atomic mass is 10.2. The van der Waals surface area contributed by atoms with E-state index < -0.39 is 10.0 Å². The molecule has 30 heavy (non-hydrogen) atoms. The van der Waals surface area contributed by atoms with Crippen LogP contribution in [-0.2, 0) is 19.6 Å². The van der Waals surface area contributed by atoms with Crippen LogP contribution in [0.3, 0.4) is 0 Å². The number of ether oxygens (including phenoxy) is 1. The van der Waals surface area contributed by atoms with Gasteiger partial charge in [0, 0.05) is 44.1 Å². The van der Waals surface area contributed by atoms with Gasteiger partial charge in [0.15, 0.2) is 0 Å². The summed E-state index contributed by atoms with van der Waals surface area (Å²) in [6.45, 7) is 2.36. The number of carbonyl (C=O) groups is 2. The third-order valence-corrected chi connectivity index (χ3v) is 6.38. The Balaban J connectivity index is 1.61. The van der Waals surface area contributed by atoms with E-state index in [4.69, 9.17) is 4.74 Å². The fourth-order valence-corrected chi connectivity index (χ4v) is 4.10. The second-order valence-corrected chi connectivity index (χ2v) is 8.86. The van der Waals surface area contributed by atoms with Crippen LogP contribution in [0.15, 0.2) is 53.4 Å². The Bertz CT molecular complexity index is 998. The molecule has 2 aromatic carbocycles. The first-order valence-corrected chi connectivity index (χ1v) is 11.1. The van der Waals surface area contributed by atoms with Crippen molar-refractivity contribution in [3.8, 4) is 0 Å². The van der Waals surface area contributed by atoms with Gasteiger partial charge in [0.05, 0.1) is 11.0 Å². The molecule has 0 aliphatic carbocycles. The van der Waals surface area contributed by atoms with Gasteiger partial charge in [-0.2, -0.15) is 0 Å². The molecule has 0 radical (unpaired) electrons. The first-order valence-electron chi connectivity index (χ1n) is 9.63. The molecule has 1 aliphatic rings. The Morgan fingerprint density at radius 3 is 2.33 bits per heavy atom.